The summed E-state index contributed by atoms with van der Waals surface area (Å²) in [6.45, 7) is 1.94. The van der Waals surface area contributed by atoms with Crippen LogP contribution in [0.1, 0.15) is 12.0 Å². The van der Waals surface area contributed by atoms with Crippen LogP contribution in [0.4, 0.5) is 13.2 Å². The van der Waals surface area contributed by atoms with Crippen LogP contribution < -0.4 is 4.74 Å². The Kier molecular flexibility index (Phi) is 4.93. The van der Waals surface area contributed by atoms with E-state index in [4.69, 9.17) is 4.74 Å². The molecule has 1 aliphatic heterocycles. The van der Waals surface area contributed by atoms with E-state index in [1.165, 1.54) is 6.07 Å². The smallest absolute Gasteiger partial charge is 0.405 e. The molecule has 7 heteroatoms. The minimum absolute atomic E-state index is 0.150. The third-order valence-electron chi connectivity index (χ3n) is 3.21. The summed E-state index contributed by atoms with van der Waals surface area (Å²) >= 11 is 3.16. The van der Waals surface area contributed by atoms with Crippen molar-refractivity contribution >= 4 is 15.9 Å². The number of benzene rings is 1. The average molecular weight is 354 g/mol. The number of likely N-dealkylation sites (tertiary alicyclic amines) is 1. The fourth-order valence-corrected chi connectivity index (χ4v) is 2.59. The highest BCUT2D eigenvalue weighted by Gasteiger charge is 2.32. The number of ether oxygens (including phenoxy) is 2. The van der Waals surface area contributed by atoms with E-state index in [0.29, 0.717) is 16.6 Å². The third kappa shape index (κ3) is 4.36. The van der Waals surface area contributed by atoms with E-state index in [9.17, 15) is 13.2 Å². The van der Waals surface area contributed by atoms with Crippen molar-refractivity contribution in [2.45, 2.75) is 25.4 Å². The zero-order chi connectivity index (χ0) is 14.8. The van der Waals surface area contributed by atoms with Crippen LogP contribution in [0.5, 0.6) is 5.75 Å². The van der Waals surface area contributed by atoms with Crippen LogP contribution in [0.2, 0.25) is 0 Å². The molecule has 1 aliphatic rings. The van der Waals surface area contributed by atoms with Crippen molar-refractivity contribution in [3.8, 4) is 5.75 Å². The minimum Gasteiger partial charge on any atom is -0.405 e. The van der Waals surface area contributed by atoms with Gasteiger partial charge in [-0.25, -0.2) is 0 Å². The van der Waals surface area contributed by atoms with Crippen molar-refractivity contribution in [3.63, 3.8) is 0 Å². The lowest BCUT2D eigenvalue weighted by Crippen LogP contribution is -2.24. The predicted octanol–water partition coefficient (Wildman–Crippen LogP) is 3.57. The van der Waals surface area contributed by atoms with Gasteiger partial charge in [-0.05, 0) is 18.6 Å². The summed E-state index contributed by atoms with van der Waals surface area (Å²) in [7, 11) is 1.64. The topological polar surface area (TPSA) is 21.7 Å². The minimum atomic E-state index is -4.68. The molecule has 2 rings (SSSR count). The van der Waals surface area contributed by atoms with Gasteiger partial charge in [-0.3, -0.25) is 4.90 Å². The molecule has 0 N–H and O–H groups in total. The molecule has 1 aromatic carbocycles. The SMILES string of the molecule is CO[C@H]1CCN(Cc2ccc(Br)cc2OC(F)(F)F)C1. The number of rotatable bonds is 4. The van der Waals surface area contributed by atoms with Crippen molar-refractivity contribution in [2.24, 2.45) is 0 Å². The Morgan fingerprint density at radius 1 is 1.40 bits per heavy atom. The molecule has 1 fully saturated rings. The summed E-state index contributed by atoms with van der Waals surface area (Å²) in [5.74, 6) is -0.159. The van der Waals surface area contributed by atoms with Crippen molar-refractivity contribution in [2.75, 3.05) is 20.2 Å². The van der Waals surface area contributed by atoms with E-state index in [1.54, 1.807) is 19.2 Å². The van der Waals surface area contributed by atoms with Gasteiger partial charge in [0.2, 0.25) is 0 Å². The number of nitrogens with zero attached hydrogens (tertiary/aromatic N) is 1. The molecule has 0 radical (unpaired) electrons. The summed E-state index contributed by atoms with van der Waals surface area (Å²) in [5, 5.41) is 0. The fraction of sp³-hybridized carbons (Fsp3) is 0.538. The highest BCUT2D eigenvalue weighted by atomic mass is 79.9. The van der Waals surface area contributed by atoms with Gasteiger partial charge in [0.15, 0.2) is 0 Å². The molecular weight excluding hydrogens is 339 g/mol. The molecule has 0 amide bonds. The van der Waals surface area contributed by atoms with E-state index >= 15 is 0 Å². The lowest BCUT2D eigenvalue weighted by molar-refractivity contribution is -0.275. The van der Waals surface area contributed by atoms with Gasteiger partial charge >= 0.3 is 6.36 Å². The van der Waals surface area contributed by atoms with Gasteiger partial charge in [0.05, 0.1) is 6.10 Å². The molecule has 0 unspecified atom stereocenters. The van der Waals surface area contributed by atoms with E-state index in [-0.39, 0.29) is 11.9 Å². The Hall–Kier alpha value is -0.790. The highest BCUT2D eigenvalue weighted by molar-refractivity contribution is 9.10. The third-order valence-corrected chi connectivity index (χ3v) is 3.70. The second-order valence-electron chi connectivity index (χ2n) is 4.68. The maximum atomic E-state index is 12.4. The Balaban J connectivity index is 2.11. The van der Waals surface area contributed by atoms with Gasteiger partial charge in [-0.2, -0.15) is 0 Å². The first-order valence-corrected chi connectivity index (χ1v) is 6.96. The molecule has 1 heterocycles. The number of hydrogen-bond acceptors (Lipinski definition) is 3. The standard InChI is InChI=1S/C13H15BrF3NO2/c1-19-11-4-5-18(8-11)7-9-2-3-10(14)6-12(9)20-13(15,16)17/h2-3,6,11H,4-5,7-8H2,1H3/t11-/m0/s1. The average Bonchev–Trinajstić information content (AvgIpc) is 2.78. The Morgan fingerprint density at radius 2 is 2.15 bits per heavy atom. The summed E-state index contributed by atoms with van der Waals surface area (Å²) in [6, 6.07) is 4.69. The number of halogens is 4. The molecule has 0 aliphatic carbocycles. The maximum absolute atomic E-state index is 12.4. The van der Waals surface area contributed by atoms with E-state index in [0.717, 1.165) is 19.5 Å². The molecule has 1 atom stereocenters. The Morgan fingerprint density at radius 3 is 2.75 bits per heavy atom. The molecule has 112 valence electrons. The molecule has 0 aromatic heterocycles. The Labute approximate surface area is 123 Å². The van der Waals surface area contributed by atoms with Crippen LogP contribution in [-0.4, -0.2) is 37.6 Å². The first-order chi connectivity index (χ1) is 9.37. The van der Waals surface area contributed by atoms with Crippen LogP contribution in [0.15, 0.2) is 22.7 Å². The van der Waals surface area contributed by atoms with Crippen LogP contribution in [0, 0.1) is 0 Å². The Bertz CT molecular complexity index is 467. The van der Waals surface area contributed by atoms with E-state index < -0.39 is 6.36 Å². The quantitative estimate of drug-likeness (QED) is 0.825. The summed E-state index contributed by atoms with van der Waals surface area (Å²) in [6.07, 6.45) is -3.64. The molecule has 1 aromatic rings. The normalized spacial score (nSPS) is 20.4. The molecule has 1 saturated heterocycles. The van der Waals surface area contributed by atoms with Crippen molar-refractivity contribution in [1.82, 2.24) is 4.90 Å². The molecule has 0 spiro atoms. The van der Waals surface area contributed by atoms with Crippen LogP contribution >= 0.6 is 15.9 Å². The summed E-state index contributed by atoms with van der Waals surface area (Å²) < 4.78 is 47.1. The lowest BCUT2D eigenvalue weighted by Gasteiger charge is -2.19. The van der Waals surface area contributed by atoms with E-state index in [2.05, 4.69) is 25.6 Å². The molecule has 20 heavy (non-hydrogen) atoms. The van der Waals surface area contributed by atoms with Gasteiger partial charge < -0.3 is 9.47 Å². The van der Waals surface area contributed by atoms with Crippen molar-refractivity contribution < 1.29 is 22.6 Å². The number of alkyl halides is 3. The fourth-order valence-electron chi connectivity index (χ4n) is 2.25. The zero-order valence-electron chi connectivity index (χ0n) is 10.9. The highest BCUT2D eigenvalue weighted by Crippen LogP contribution is 2.31. The van der Waals surface area contributed by atoms with Gasteiger partial charge in [0, 0.05) is 36.8 Å². The zero-order valence-corrected chi connectivity index (χ0v) is 12.5. The summed E-state index contributed by atoms with van der Waals surface area (Å²) in [5.41, 5.74) is 0.516. The predicted molar refractivity (Wildman–Crippen MR) is 71.5 cm³/mol. The maximum Gasteiger partial charge on any atom is 0.573 e. The molecular formula is C13H15BrF3NO2. The molecule has 0 saturated carbocycles. The van der Waals surface area contributed by atoms with E-state index in [1.807, 2.05) is 0 Å². The van der Waals surface area contributed by atoms with Crippen LogP contribution in [0.3, 0.4) is 0 Å². The van der Waals surface area contributed by atoms with Gasteiger partial charge in [-0.15, -0.1) is 13.2 Å². The van der Waals surface area contributed by atoms with Crippen LogP contribution in [-0.2, 0) is 11.3 Å². The first kappa shape index (κ1) is 15.6. The first-order valence-electron chi connectivity index (χ1n) is 6.16. The molecule has 3 nitrogen and oxygen atoms in total. The van der Waals surface area contributed by atoms with Crippen molar-refractivity contribution in [3.05, 3.63) is 28.2 Å². The summed E-state index contributed by atoms with van der Waals surface area (Å²) in [4.78, 5) is 2.06. The number of hydrogen-bond donors (Lipinski definition) is 0. The van der Waals surface area contributed by atoms with Gasteiger partial charge in [0.1, 0.15) is 5.75 Å². The second kappa shape index (κ2) is 6.32. The number of methoxy groups -OCH3 is 1. The second-order valence-corrected chi connectivity index (χ2v) is 5.60. The van der Waals surface area contributed by atoms with Gasteiger partial charge in [0.25, 0.3) is 0 Å². The van der Waals surface area contributed by atoms with Gasteiger partial charge in [-0.1, -0.05) is 22.0 Å². The lowest BCUT2D eigenvalue weighted by atomic mass is 10.2. The van der Waals surface area contributed by atoms with Crippen molar-refractivity contribution in [1.29, 1.82) is 0 Å². The monoisotopic (exact) mass is 353 g/mol. The van der Waals surface area contributed by atoms with Crippen LogP contribution in [0.25, 0.3) is 0 Å². The largest absolute Gasteiger partial charge is 0.573 e. The molecule has 0 bridgehead atoms.